The van der Waals surface area contributed by atoms with Crippen LogP contribution in [-0.4, -0.2) is 41.8 Å². The molecule has 29 heavy (non-hydrogen) atoms. The third kappa shape index (κ3) is 4.92. The number of aromatic nitrogens is 1. The molecule has 1 aliphatic heterocycles. The molecular weight excluding hydrogens is 368 g/mol. The van der Waals surface area contributed by atoms with Crippen molar-refractivity contribution in [3.8, 4) is 17.1 Å². The summed E-state index contributed by atoms with van der Waals surface area (Å²) < 4.78 is 17.1. The van der Waals surface area contributed by atoms with Crippen LogP contribution in [0.15, 0.2) is 28.8 Å². The first-order valence-corrected chi connectivity index (χ1v) is 10.3. The van der Waals surface area contributed by atoms with Crippen molar-refractivity contribution in [1.29, 1.82) is 0 Å². The Bertz CT molecular complexity index is 853. The number of carbonyl (C=O) groups is 1. The number of methoxy groups -OCH3 is 1. The van der Waals surface area contributed by atoms with Crippen LogP contribution < -0.4 is 4.74 Å². The number of aryl methyl sites for hydroxylation is 1. The molecule has 0 saturated carbocycles. The van der Waals surface area contributed by atoms with Crippen LogP contribution in [0.5, 0.6) is 5.75 Å². The topological polar surface area (TPSA) is 64.8 Å². The van der Waals surface area contributed by atoms with Gasteiger partial charge in [0.2, 0.25) is 0 Å². The third-order valence-electron chi connectivity index (χ3n) is 5.45. The van der Waals surface area contributed by atoms with E-state index in [9.17, 15) is 4.79 Å². The molecular formula is C23H32N2O4. The summed E-state index contributed by atoms with van der Waals surface area (Å²) in [4.78, 5) is 18.9. The molecule has 1 aromatic heterocycles. The number of oxazole rings is 1. The molecule has 0 spiro atoms. The van der Waals surface area contributed by atoms with Crippen molar-refractivity contribution < 1.29 is 18.7 Å². The van der Waals surface area contributed by atoms with Gasteiger partial charge < -0.3 is 18.8 Å². The largest absolute Gasteiger partial charge is 0.496 e. The average Bonchev–Trinajstić information content (AvgIpc) is 3.16. The van der Waals surface area contributed by atoms with Crippen LogP contribution in [0.1, 0.15) is 57.9 Å². The van der Waals surface area contributed by atoms with E-state index in [4.69, 9.17) is 13.9 Å². The number of piperidine rings is 1. The summed E-state index contributed by atoms with van der Waals surface area (Å²) in [6.45, 7) is 11.1. The fourth-order valence-electron chi connectivity index (χ4n) is 3.89. The van der Waals surface area contributed by atoms with Gasteiger partial charge in [-0.2, -0.15) is 0 Å². The lowest BCUT2D eigenvalue weighted by molar-refractivity contribution is 0.0142. The zero-order chi connectivity index (χ0) is 21.2. The van der Waals surface area contributed by atoms with E-state index in [-0.39, 0.29) is 12.0 Å². The number of hydrogen-bond acceptors (Lipinski definition) is 5. The molecule has 0 aliphatic carbocycles. The second-order valence-electron chi connectivity index (χ2n) is 8.74. The van der Waals surface area contributed by atoms with E-state index in [0.29, 0.717) is 24.9 Å². The normalized spacial score (nSPS) is 19.9. The lowest BCUT2D eigenvalue weighted by atomic mass is 9.83. The summed E-state index contributed by atoms with van der Waals surface area (Å²) in [7, 11) is 1.67. The van der Waals surface area contributed by atoms with E-state index < -0.39 is 5.60 Å². The Labute approximate surface area is 173 Å². The van der Waals surface area contributed by atoms with E-state index in [1.807, 2.05) is 45.9 Å². The number of carbonyl (C=O) groups excluding carboxylic acids is 1. The second kappa shape index (κ2) is 8.47. The predicted molar refractivity (Wildman–Crippen MR) is 112 cm³/mol. The Morgan fingerprint density at radius 2 is 2.10 bits per heavy atom. The van der Waals surface area contributed by atoms with Gasteiger partial charge in [0.05, 0.1) is 19.2 Å². The Balaban J connectivity index is 1.80. The van der Waals surface area contributed by atoms with Crippen LogP contribution in [0.25, 0.3) is 11.3 Å². The van der Waals surface area contributed by atoms with Crippen LogP contribution in [0.4, 0.5) is 4.79 Å². The van der Waals surface area contributed by atoms with Gasteiger partial charge in [0.25, 0.3) is 0 Å². The molecule has 3 rings (SSSR count). The molecule has 2 heterocycles. The van der Waals surface area contributed by atoms with Gasteiger partial charge in [-0.25, -0.2) is 9.78 Å². The maximum absolute atomic E-state index is 12.6. The van der Waals surface area contributed by atoms with Crippen molar-refractivity contribution in [2.75, 3.05) is 20.2 Å². The maximum atomic E-state index is 12.6. The highest BCUT2D eigenvalue weighted by Gasteiger charge is 2.36. The summed E-state index contributed by atoms with van der Waals surface area (Å²) in [6.07, 6.45) is 3.44. The average molecular weight is 401 g/mol. The van der Waals surface area contributed by atoms with E-state index >= 15 is 0 Å². The van der Waals surface area contributed by atoms with Crippen LogP contribution >= 0.6 is 0 Å². The molecule has 1 fully saturated rings. The molecule has 2 atom stereocenters. The molecule has 2 unspecified atom stereocenters. The number of likely N-dealkylation sites (tertiary alicyclic amines) is 1. The fraction of sp³-hybridized carbons (Fsp3) is 0.565. The Hall–Kier alpha value is -2.50. The first-order chi connectivity index (χ1) is 13.7. The minimum Gasteiger partial charge on any atom is -0.496 e. The molecule has 158 valence electrons. The lowest BCUT2D eigenvalue weighted by Crippen LogP contribution is -2.45. The molecule has 1 aromatic carbocycles. The van der Waals surface area contributed by atoms with Crippen LogP contribution in [0.3, 0.4) is 0 Å². The van der Waals surface area contributed by atoms with E-state index in [1.54, 1.807) is 18.2 Å². The first-order valence-electron chi connectivity index (χ1n) is 10.3. The fourth-order valence-corrected chi connectivity index (χ4v) is 3.89. The summed E-state index contributed by atoms with van der Waals surface area (Å²) >= 11 is 0. The van der Waals surface area contributed by atoms with Crippen LogP contribution in [-0.2, 0) is 4.74 Å². The highest BCUT2D eigenvalue weighted by Crippen LogP contribution is 2.36. The van der Waals surface area contributed by atoms with Gasteiger partial charge in [0.15, 0.2) is 11.7 Å². The third-order valence-corrected chi connectivity index (χ3v) is 5.45. The quantitative estimate of drug-likeness (QED) is 0.687. The molecule has 0 radical (unpaired) electrons. The van der Waals surface area contributed by atoms with Crippen LogP contribution in [0.2, 0.25) is 0 Å². The number of hydrogen-bond donors (Lipinski definition) is 0. The van der Waals surface area contributed by atoms with Gasteiger partial charge in [0.1, 0.15) is 11.4 Å². The van der Waals surface area contributed by atoms with Gasteiger partial charge in [0, 0.05) is 18.7 Å². The van der Waals surface area contributed by atoms with Crippen molar-refractivity contribution in [2.24, 2.45) is 5.92 Å². The summed E-state index contributed by atoms with van der Waals surface area (Å²) in [5.74, 6) is 2.76. The molecule has 0 bridgehead atoms. The molecule has 6 nitrogen and oxygen atoms in total. The summed E-state index contributed by atoms with van der Waals surface area (Å²) in [5, 5.41) is 0. The van der Waals surface area contributed by atoms with Gasteiger partial charge in [-0.1, -0.05) is 13.3 Å². The number of rotatable bonds is 4. The van der Waals surface area contributed by atoms with Gasteiger partial charge in [-0.3, -0.25) is 0 Å². The molecule has 2 aromatic rings. The molecule has 6 heteroatoms. The van der Waals surface area contributed by atoms with E-state index in [2.05, 4.69) is 11.9 Å². The minimum atomic E-state index is -0.503. The summed E-state index contributed by atoms with van der Waals surface area (Å²) in [6, 6.07) is 5.95. The standard InChI is InChI=1S/C23H32N2O4/c1-7-16-10-11-25(22(26)29-23(3,4)5)14-18(16)21-24-13-20(28-21)17-8-9-19(27-6)15(2)12-17/h8-9,12-13,16,18H,7,10-11,14H2,1-6H3. The van der Waals surface area contributed by atoms with Crippen molar-refractivity contribution in [3.63, 3.8) is 0 Å². The van der Waals surface area contributed by atoms with Gasteiger partial charge >= 0.3 is 6.09 Å². The molecule has 1 aliphatic rings. The Kier molecular flexibility index (Phi) is 6.20. The number of ether oxygens (including phenoxy) is 2. The predicted octanol–water partition coefficient (Wildman–Crippen LogP) is 5.41. The van der Waals surface area contributed by atoms with Crippen molar-refractivity contribution in [3.05, 3.63) is 35.9 Å². The van der Waals surface area contributed by atoms with E-state index in [1.165, 1.54) is 0 Å². The van der Waals surface area contributed by atoms with E-state index in [0.717, 1.165) is 35.5 Å². The lowest BCUT2D eigenvalue weighted by Gasteiger charge is -2.37. The molecule has 0 N–H and O–H groups in total. The number of amides is 1. The highest BCUT2D eigenvalue weighted by molar-refractivity contribution is 5.68. The van der Waals surface area contributed by atoms with Crippen molar-refractivity contribution >= 4 is 6.09 Å². The molecule has 1 amide bonds. The Morgan fingerprint density at radius 3 is 2.72 bits per heavy atom. The highest BCUT2D eigenvalue weighted by atomic mass is 16.6. The van der Waals surface area contributed by atoms with Gasteiger partial charge in [-0.15, -0.1) is 0 Å². The summed E-state index contributed by atoms with van der Waals surface area (Å²) in [5.41, 5.74) is 1.51. The maximum Gasteiger partial charge on any atom is 0.410 e. The van der Waals surface area contributed by atoms with Gasteiger partial charge in [-0.05, 0) is 63.8 Å². The molecule has 1 saturated heterocycles. The smallest absolute Gasteiger partial charge is 0.410 e. The Morgan fingerprint density at radius 1 is 1.34 bits per heavy atom. The van der Waals surface area contributed by atoms with Crippen molar-refractivity contribution in [1.82, 2.24) is 9.88 Å². The van der Waals surface area contributed by atoms with Crippen LogP contribution in [0, 0.1) is 12.8 Å². The number of nitrogens with zero attached hydrogens (tertiary/aromatic N) is 2. The second-order valence-corrected chi connectivity index (χ2v) is 8.74. The zero-order valence-electron chi connectivity index (χ0n) is 18.3. The minimum absolute atomic E-state index is 0.0642. The number of benzene rings is 1. The zero-order valence-corrected chi connectivity index (χ0v) is 18.3. The first kappa shape index (κ1) is 21.2. The van der Waals surface area contributed by atoms with Crippen molar-refractivity contribution in [2.45, 2.75) is 59.0 Å². The monoisotopic (exact) mass is 400 g/mol. The SMILES string of the molecule is CCC1CCN(C(=O)OC(C)(C)C)CC1c1ncc(-c2ccc(OC)c(C)c2)o1.